The van der Waals surface area contributed by atoms with Gasteiger partial charge in [0.2, 0.25) is 0 Å². The molecule has 2 aromatic heterocycles. The zero-order valence-electron chi connectivity index (χ0n) is 30.7. The number of benzene rings is 8. The molecule has 0 unspecified atom stereocenters. The van der Waals surface area contributed by atoms with Crippen molar-refractivity contribution in [2.45, 2.75) is 0 Å². The zero-order chi connectivity index (χ0) is 38.1. The number of nitriles is 1. The van der Waals surface area contributed by atoms with E-state index in [1.54, 1.807) is 0 Å². The molecule has 0 bridgehead atoms. The molecule has 0 fully saturated rings. The highest BCUT2D eigenvalue weighted by Crippen LogP contribution is 2.49. The van der Waals surface area contributed by atoms with E-state index in [0.29, 0.717) is 23.0 Å². The summed E-state index contributed by atoms with van der Waals surface area (Å²) in [6.45, 7) is 0. The van der Waals surface area contributed by atoms with Gasteiger partial charge in [-0.2, -0.15) is 5.26 Å². The molecule has 8 aromatic carbocycles. The molecule has 0 saturated heterocycles. The van der Waals surface area contributed by atoms with E-state index in [1.807, 2.05) is 84.1 Å². The number of rotatable bonds is 7. The van der Waals surface area contributed by atoms with Crippen molar-refractivity contribution in [3.8, 4) is 84.7 Å². The molecular formula is C52H32N4S. The van der Waals surface area contributed by atoms with E-state index >= 15 is 0 Å². The quantitative estimate of drug-likeness (QED) is 0.163. The number of hydrogen-bond acceptors (Lipinski definition) is 5. The Bertz CT molecular complexity index is 3040. The second-order valence-electron chi connectivity index (χ2n) is 13.9. The van der Waals surface area contributed by atoms with Crippen molar-refractivity contribution >= 4 is 31.5 Å². The highest BCUT2D eigenvalue weighted by molar-refractivity contribution is 7.27. The maximum atomic E-state index is 9.58. The fourth-order valence-electron chi connectivity index (χ4n) is 7.57. The Hall–Kier alpha value is -7.52. The average Bonchev–Trinajstić information content (AvgIpc) is 3.69. The van der Waals surface area contributed by atoms with Crippen molar-refractivity contribution in [3.05, 3.63) is 200 Å². The van der Waals surface area contributed by atoms with Crippen LogP contribution in [-0.4, -0.2) is 15.0 Å². The predicted octanol–water partition coefficient (Wildman–Crippen LogP) is 13.8. The summed E-state index contributed by atoms with van der Waals surface area (Å²) >= 11 is 1.83. The van der Waals surface area contributed by atoms with Crippen LogP contribution in [0.25, 0.3) is 98.8 Å². The average molecular weight is 745 g/mol. The van der Waals surface area contributed by atoms with Crippen LogP contribution >= 0.6 is 11.3 Å². The Kier molecular flexibility index (Phi) is 8.72. The van der Waals surface area contributed by atoms with Gasteiger partial charge in [0, 0.05) is 42.4 Å². The molecule has 57 heavy (non-hydrogen) atoms. The summed E-state index contributed by atoms with van der Waals surface area (Å²) in [6, 6.07) is 69.4. The Balaban J connectivity index is 1.23. The molecule has 0 N–H and O–H groups in total. The van der Waals surface area contributed by atoms with Gasteiger partial charge in [0.25, 0.3) is 0 Å². The number of fused-ring (bicyclic) bond motifs is 3. The van der Waals surface area contributed by atoms with Crippen LogP contribution < -0.4 is 0 Å². The smallest absolute Gasteiger partial charge is 0.164 e. The Morgan fingerprint density at radius 3 is 1.44 bits per heavy atom. The molecular weight excluding hydrogens is 713 g/mol. The standard InChI is InChI=1S/C52H32N4S/c53-33-34-24-26-37(27-25-34)44-29-28-43(47-46-32-42(35-14-5-1-6-15-35)31-45(48(46)57-49(44)47)36-16-7-2-8-17-36)40-22-13-23-41(30-40)52-55-50(38-18-9-3-10-19-38)54-51(56-52)39-20-11-4-12-21-39/h1-32H. The van der Waals surface area contributed by atoms with E-state index in [0.717, 1.165) is 44.5 Å². The van der Waals surface area contributed by atoms with Gasteiger partial charge in [-0.3, -0.25) is 0 Å². The molecule has 0 aliphatic rings. The fraction of sp³-hybridized carbons (Fsp3) is 0. The lowest BCUT2D eigenvalue weighted by molar-refractivity contribution is 1.07. The molecule has 0 aliphatic carbocycles. The van der Waals surface area contributed by atoms with E-state index < -0.39 is 0 Å². The monoisotopic (exact) mass is 744 g/mol. The number of thiophene rings is 1. The van der Waals surface area contributed by atoms with Crippen molar-refractivity contribution in [2.24, 2.45) is 0 Å². The fourth-order valence-corrected chi connectivity index (χ4v) is 8.95. The van der Waals surface area contributed by atoms with Gasteiger partial charge in [-0.15, -0.1) is 11.3 Å². The molecule has 0 atom stereocenters. The summed E-state index contributed by atoms with van der Waals surface area (Å²) in [5, 5.41) is 12.0. The molecule has 0 radical (unpaired) electrons. The summed E-state index contributed by atoms with van der Waals surface area (Å²) in [5.41, 5.74) is 12.5. The topological polar surface area (TPSA) is 62.5 Å². The number of aromatic nitrogens is 3. The van der Waals surface area contributed by atoms with Crippen molar-refractivity contribution in [1.29, 1.82) is 5.26 Å². The Morgan fingerprint density at radius 1 is 0.351 bits per heavy atom. The lowest BCUT2D eigenvalue weighted by Gasteiger charge is -2.12. The van der Waals surface area contributed by atoms with Crippen molar-refractivity contribution in [1.82, 2.24) is 15.0 Å². The van der Waals surface area contributed by atoms with E-state index in [2.05, 4.69) is 127 Å². The van der Waals surface area contributed by atoms with Crippen LogP contribution in [0.4, 0.5) is 0 Å². The number of nitrogens with zero attached hydrogens (tertiary/aromatic N) is 4. The van der Waals surface area contributed by atoms with Crippen molar-refractivity contribution in [2.75, 3.05) is 0 Å². The predicted molar refractivity (Wildman–Crippen MR) is 235 cm³/mol. The van der Waals surface area contributed by atoms with Gasteiger partial charge >= 0.3 is 0 Å². The van der Waals surface area contributed by atoms with Gasteiger partial charge < -0.3 is 0 Å². The number of hydrogen-bond donors (Lipinski definition) is 0. The van der Waals surface area contributed by atoms with Crippen LogP contribution in [0, 0.1) is 11.3 Å². The van der Waals surface area contributed by atoms with E-state index in [-0.39, 0.29) is 0 Å². The molecule has 0 saturated carbocycles. The van der Waals surface area contributed by atoms with Crippen LogP contribution in [-0.2, 0) is 0 Å². The van der Waals surface area contributed by atoms with E-state index in [4.69, 9.17) is 15.0 Å². The molecule has 10 rings (SSSR count). The molecule has 266 valence electrons. The largest absolute Gasteiger partial charge is 0.208 e. The lowest BCUT2D eigenvalue weighted by Crippen LogP contribution is -2.00. The lowest BCUT2D eigenvalue weighted by atomic mass is 9.91. The third kappa shape index (κ3) is 6.44. The molecule has 0 aliphatic heterocycles. The minimum absolute atomic E-state index is 0.614. The van der Waals surface area contributed by atoms with Crippen LogP contribution in [0.15, 0.2) is 194 Å². The van der Waals surface area contributed by atoms with Crippen LogP contribution in [0.1, 0.15) is 5.56 Å². The summed E-state index contributed by atoms with van der Waals surface area (Å²) in [7, 11) is 0. The summed E-state index contributed by atoms with van der Waals surface area (Å²) in [4.78, 5) is 15.0. The van der Waals surface area contributed by atoms with Gasteiger partial charge in [-0.05, 0) is 69.3 Å². The molecule has 2 heterocycles. The first-order valence-corrected chi connectivity index (χ1v) is 19.6. The van der Waals surface area contributed by atoms with Gasteiger partial charge in [-0.1, -0.05) is 164 Å². The van der Waals surface area contributed by atoms with E-state index in [9.17, 15) is 5.26 Å². The van der Waals surface area contributed by atoms with Crippen LogP contribution in [0.5, 0.6) is 0 Å². The third-order valence-electron chi connectivity index (χ3n) is 10.4. The molecule has 4 nitrogen and oxygen atoms in total. The van der Waals surface area contributed by atoms with Gasteiger partial charge in [0.05, 0.1) is 11.6 Å². The normalized spacial score (nSPS) is 11.1. The summed E-state index contributed by atoms with van der Waals surface area (Å²) in [5.74, 6) is 1.87. The van der Waals surface area contributed by atoms with Gasteiger partial charge in [-0.25, -0.2) is 15.0 Å². The molecule has 0 amide bonds. The third-order valence-corrected chi connectivity index (χ3v) is 11.6. The van der Waals surface area contributed by atoms with Crippen LogP contribution in [0.3, 0.4) is 0 Å². The van der Waals surface area contributed by atoms with Gasteiger partial charge in [0.1, 0.15) is 0 Å². The SMILES string of the molecule is N#Cc1ccc(-c2ccc(-c3cccc(-c4nc(-c5ccccc5)nc(-c5ccccc5)n4)c3)c3c2sc2c(-c4ccccc4)cc(-c4ccccc4)cc23)cc1. The second kappa shape index (κ2) is 14.6. The zero-order valence-corrected chi connectivity index (χ0v) is 31.5. The Morgan fingerprint density at radius 2 is 0.842 bits per heavy atom. The van der Waals surface area contributed by atoms with Crippen LogP contribution in [0.2, 0.25) is 0 Å². The highest BCUT2D eigenvalue weighted by Gasteiger charge is 2.21. The molecule has 5 heteroatoms. The van der Waals surface area contributed by atoms with Gasteiger partial charge in [0.15, 0.2) is 17.5 Å². The molecule has 10 aromatic rings. The molecule has 0 spiro atoms. The first kappa shape index (κ1) is 34.0. The Labute approximate surface area is 334 Å². The van der Waals surface area contributed by atoms with Crippen molar-refractivity contribution in [3.63, 3.8) is 0 Å². The highest BCUT2D eigenvalue weighted by atomic mass is 32.1. The summed E-state index contributed by atoms with van der Waals surface area (Å²) in [6.07, 6.45) is 0. The minimum atomic E-state index is 0.614. The minimum Gasteiger partial charge on any atom is -0.208 e. The first-order chi connectivity index (χ1) is 28.2. The van der Waals surface area contributed by atoms with E-state index in [1.165, 1.54) is 36.9 Å². The maximum absolute atomic E-state index is 9.58. The maximum Gasteiger partial charge on any atom is 0.164 e. The summed E-state index contributed by atoms with van der Waals surface area (Å²) < 4.78 is 2.42. The second-order valence-corrected chi connectivity index (χ2v) is 14.9. The first-order valence-electron chi connectivity index (χ1n) is 18.8. The van der Waals surface area contributed by atoms with Crippen molar-refractivity contribution < 1.29 is 0 Å².